The summed E-state index contributed by atoms with van der Waals surface area (Å²) in [5.74, 6) is 0.836. The van der Waals surface area contributed by atoms with Gasteiger partial charge in [-0.2, -0.15) is 11.3 Å². The molecule has 3 nitrogen and oxygen atoms in total. The number of imidazole rings is 1. The molecule has 0 saturated carbocycles. The fourth-order valence-corrected chi connectivity index (χ4v) is 2.01. The van der Waals surface area contributed by atoms with Crippen LogP contribution in [0.5, 0.6) is 0 Å². The first kappa shape index (κ1) is 8.47. The van der Waals surface area contributed by atoms with E-state index in [0.29, 0.717) is 0 Å². The fourth-order valence-electron chi connectivity index (χ4n) is 1.18. The molecule has 2 N–H and O–H groups in total. The maximum absolute atomic E-state index is 8.85. The summed E-state index contributed by atoms with van der Waals surface area (Å²) < 4.78 is 0. The number of aromatic nitrogens is 2. The minimum atomic E-state index is 0.0101. The molecule has 0 saturated heterocycles. The third-order valence-corrected chi connectivity index (χ3v) is 2.77. The second kappa shape index (κ2) is 3.32. The first-order valence-corrected chi connectivity index (χ1v) is 4.93. The van der Waals surface area contributed by atoms with E-state index >= 15 is 0 Å². The van der Waals surface area contributed by atoms with Gasteiger partial charge in [-0.15, -0.1) is 0 Å². The topological polar surface area (TPSA) is 48.9 Å². The van der Waals surface area contributed by atoms with E-state index in [4.69, 9.17) is 5.11 Å². The van der Waals surface area contributed by atoms with Crippen LogP contribution in [-0.2, 0) is 6.61 Å². The quantitative estimate of drug-likeness (QED) is 0.767. The molecule has 2 rings (SSSR count). The Morgan fingerprint density at radius 1 is 1.54 bits per heavy atom. The summed E-state index contributed by atoms with van der Waals surface area (Å²) in [7, 11) is 0. The number of aliphatic hydroxyl groups is 1. The molecule has 0 amide bonds. The SMILES string of the molecule is Cc1cscc1-c1ncc(CO)[nH]1. The fraction of sp³-hybridized carbons (Fsp3) is 0.222. The van der Waals surface area contributed by atoms with E-state index in [2.05, 4.69) is 20.7 Å². The zero-order chi connectivity index (χ0) is 9.26. The molecular weight excluding hydrogens is 184 g/mol. The summed E-state index contributed by atoms with van der Waals surface area (Å²) >= 11 is 1.66. The van der Waals surface area contributed by atoms with Crippen molar-refractivity contribution in [3.8, 4) is 11.4 Å². The van der Waals surface area contributed by atoms with Crippen LogP contribution in [0.15, 0.2) is 17.0 Å². The Labute approximate surface area is 80.1 Å². The largest absolute Gasteiger partial charge is 0.390 e. The van der Waals surface area contributed by atoms with Crippen LogP contribution in [0.3, 0.4) is 0 Å². The molecule has 2 aromatic rings. The van der Waals surface area contributed by atoms with Gasteiger partial charge in [-0.3, -0.25) is 0 Å². The predicted molar refractivity (Wildman–Crippen MR) is 52.6 cm³/mol. The lowest BCUT2D eigenvalue weighted by Gasteiger charge is -1.93. The van der Waals surface area contributed by atoms with E-state index in [0.717, 1.165) is 17.1 Å². The Hall–Kier alpha value is -1.13. The van der Waals surface area contributed by atoms with Crippen molar-refractivity contribution < 1.29 is 5.11 Å². The molecule has 4 heteroatoms. The van der Waals surface area contributed by atoms with Gasteiger partial charge in [0.1, 0.15) is 5.82 Å². The summed E-state index contributed by atoms with van der Waals surface area (Å²) in [5, 5.41) is 13.0. The number of aliphatic hydroxyl groups excluding tert-OH is 1. The van der Waals surface area contributed by atoms with Gasteiger partial charge >= 0.3 is 0 Å². The normalized spacial score (nSPS) is 10.6. The van der Waals surface area contributed by atoms with Crippen molar-refractivity contribution >= 4 is 11.3 Å². The molecule has 0 fully saturated rings. The monoisotopic (exact) mass is 194 g/mol. The standard InChI is InChI=1S/C9H10N2OS/c1-6-4-13-5-8(6)9-10-2-7(3-12)11-9/h2,4-5,12H,3H2,1H3,(H,10,11). The average molecular weight is 194 g/mol. The number of hydrogen-bond acceptors (Lipinski definition) is 3. The Bertz CT molecular complexity index is 405. The van der Waals surface area contributed by atoms with E-state index in [1.807, 2.05) is 6.92 Å². The number of aryl methyl sites for hydroxylation is 1. The molecule has 68 valence electrons. The van der Waals surface area contributed by atoms with Gasteiger partial charge in [0.15, 0.2) is 0 Å². The third kappa shape index (κ3) is 1.50. The molecule has 2 heterocycles. The van der Waals surface area contributed by atoms with Crippen molar-refractivity contribution in [2.45, 2.75) is 13.5 Å². The number of hydrogen-bond donors (Lipinski definition) is 2. The molecular formula is C9H10N2OS. The molecule has 0 radical (unpaired) electrons. The van der Waals surface area contributed by atoms with Gasteiger partial charge in [-0.1, -0.05) is 0 Å². The molecule has 0 aliphatic carbocycles. The summed E-state index contributed by atoms with van der Waals surface area (Å²) in [6.45, 7) is 2.06. The lowest BCUT2D eigenvalue weighted by atomic mass is 10.2. The second-order valence-corrected chi connectivity index (χ2v) is 3.63. The van der Waals surface area contributed by atoms with Gasteiger partial charge in [0, 0.05) is 10.9 Å². The van der Waals surface area contributed by atoms with Crippen LogP contribution in [0.1, 0.15) is 11.3 Å². The van der Waals surface area contributed by atoms with Crippen molar-refractivity contribution in [3.05, 3.63) is 28.2 Å². The van der Waals surface area contributed by atoms with E-state index in [9.17, 15) is 0 Å². The number of aromatic amines is 1. The van der Waals surface area contributed by atoms with Crippen LogP contribution >= 0.6 is 11.3 Å². The first-order valence-electron chi connectivity index (χ1n) is 3.99. The maximum Gasteiger partial charge on any atom is 0.138 e. The number of rotatable bonds is 2. The number of thiophene rings is 1. The highest BCUT2D eigenvalue weighted by molar-refractivity contribution is 7.08. The van der Waals surface area contributed by atoms with E-state index < -0.39 is 0 Å². The van der Waals surface area contributed by atoms with Crippen LogP contribution in [0.2, 0.25) is 0 Å². The minimum Gasteiger partial charge on any atom is -0.390 e. The molecule has 2 aromatic heterocycles. The van der Waals surface area contributed by atoms with Crippen LogP contribution in [-0.4, -0.2) is 15.1 Å². The van der Waals surface area contributed by atoms with Gasteiger partial charge in [0.05, 0.1) is 18.5 Å². The van der Waals surface area contributed by atoms with Gasteiger partial charge in [-0.05, 0) is 17.9 Å². The Morgan fingerprint density at radius 3 is 2.92 bits per heavy atom. The zero-order valence-corrected chi connectivity index (χ0v) is 8.06. The summed E-state index contributed by atoms with van der Waals surface area (Å²) in [6, 6.07) is 0. The Kier molecular flexibility index (Phi) is 2.16. The molecule has 0 unspecified atom stereocenters. The summed E-state index contributed by atoms with van der Waals surface area (Å²) in [5.41, 5.74) is 3.08. The molecule has 13 heavy (non-hydrogen) atoms. The Morgan fingerprint density at radius 2 is 2.38 bits per heavy atom. The average Bonchev–Trinajstić information content (AvgIpc) is 2.71. The van der Waals surface area contributed by atoms with E-state index in [1.165, 1.54) is 5.56 Å². The highest BCUT2D eigenvalue weighted by Gasteiger charge is 2.06. The molecule has 0 aromatic carbocycles. The van der Waals surface area contributed by atoms with Crippen LogP contribution in [0.25, 0.3) is 11.4 Å². The van der Waals surface area contributed by atoms with Crippen molar-refractivity contribution in [2.24, 2.45) is 0 Å². The minimum absolute atomic E-state index is 0.0101. The van der Waals surface area contributed by atoms with Crippen molar-refractivity contribution in [2.75, 3.05) is 0 Å². The molecule has 0 atom stereocenters. The highest BCUT2D eigenvalue weighted by atomic mass is 32.1. The number of nitrogens with one attached hydrogen (secondary N) is 1. The Balaban J connectivity index is 2.41. The van der Waals surface area contributed by atoms with Crippen LogP contribution in [0, 0.1) is 6.92 Å². The molecule has 0 spiro atoms. The smallest absolute Gasteiger partial charge is 0.138 e. The second-order valence-electron chi connectivity index (χ2n) is 2.88. The van der Waals surface area contributed by atoms with Crippen molar-refractivity contribution in [1.29, 1.82) is 0 Å². The number of nitrogens with zero attached hydrogens (tertiary/aromatic N) is 1. The maximum atomic E-state index is 8.85. The van der Waals surface area contributed by atoms with E-state index in [-0.39, 0.29) is 6.61 Å². The van der Waals surface area contributed by atoms with Gasteiger partial charge in [0.25, 0.3) is 0 Å². The van der Waals surface area contributed by atoms with Gasteiger partial charge in [0.2, 0.25) is 0 Å². The van der Waals surface area contributed by atoms with E-state index in [1.54, 1.807) is 17.5 Å². The molecule has 0 bridgehead atoms. The van der Waals surface area contributed by atoms with Gasteiger partial charge < -0.3 is 10.1 Å². The van der Waals surface area contributed by atoms with Crippen LogP contribution in [0.4, 0.5) is 0 Å². The molecule has 0 aliphatic rings. The number of H-pyrrole nitrogens is 1. The van der Waals surface area contributed by atoms with Crippen LogP contribution < -0.4 is 0 Å². The first-order chi connectivity index (χ1) is 6.31. The lowest BCUT2D eigenvalue weighted by Crippen LogP contribution is -1.83. The van der Waals surface area contributed by atoms with Crippen molar-refractivity contribution in [1.82, 2.24) is 9.97 Å². The summed E-state index contributed by atoms with van der Waals surface area (Å²) in [4.78, 5) is 7.23. The third-order valence-electron chi connectivity index (χ3n) is 1.91. The predicted octanol–water partition coefficient (Wildman–Crippen LogP) is 1.94. The highest BCUT2D eigenvalue weighted by Crippen LogP contribution is 2.23. The molecule has 0 aliphatic heterocycles. The lowest BCUT2D eigenvalue weighted by molar-refractivity contribution is 0.277. The summed E-state index contributed by atoms with van der Waals surface area (Å²) in [6.07, 6.45) is 1.66. The van der Waals surface area contributed by atoms with Crippen molar-refractivity contribution in [3.63, 3.8) is 0 Å². The van der Waals surface area contributed by atoms with Gasteiger partial charge in [-0.25, -0.2) is 4.98 Å². The zero-order valence-electron chi connectivity index (χ0n) is 7.24.